The molecule has 1 rings (SSSR count). The average Bonchev–Trinajstić information content (AvgIpc) is 3.71. The van der Waals surface area contributed by atoms with Gasteiger partial charge in [0.15, 0.2) is 5.96 Å². The molecule has 0 spiro atoms. The second-order valence-electron chi connectivity index (χ2n) is 13.5. The Hall–Kier alpha value is -6.90. The van der Waals surface area contributed by atoms with Crippen molar-refractivity contribution in [2.75, 3.05) is 26.2 Å². The number of carbonyl (C=O) groups excluding carboxylic acids is 7. The maximum Gasteiger partial charge on any atom is 0.326 e. The topological polar surface area (TPSA) is 461 Å². The first-order valence-electron chi connectivity index (χ1n) is 18.9. The molecule has 0 bridgehead atoms. The van der Waals surface area contributed by atoms with E-state index in [4.69, 9.17) is 28.0 Å². The number of aromatic amines is 1. The van der Waals surface area contributed by atoms with Crippen molar-refractivity contribution in [1.29, 1.82) is 0 Å². The fraction of sp³-hybridized carbons (Fsp3) is 0.588. The smallest absolute Gasteiger partial charge is 0.326 e. The summed E-state index contributed by atoms with van der Waals surface area (Å²) in [5.74, 6) is -10.8. The van der Waals surface area contributed by atoms with Crippen LogP contribution < -0.4 is 60.2 Å². The van der Waals surface area contributed by atoms with E-state index in [0.717, 1.165) is 0 Å². The first kappa shape index (κ1) is 52.1. The molecule has 0 radical (unpaired) electrons. The van der Waals surface area contributed by atoms with E-state index < -0.39 is 121 Å². The molecule has 0 saturated heterocycles. The number of carboxylic acids is 3. The van der Waals surface area contributed by atoms with Gasteiger partial charge in [0.25, 0.3) is 0 Å². The van der Waals surface area contributed by atoms with Crippen LogP contribution >= 0.6 is 0 Å². The fourth-order valence-electron chi connectivity index (χ4n) is 5.15. The van der Waals surface area contributed by atoms with E-state index in [2.05, 4.69) is 52.2 Å². The Kier molecular flexibility index (Phi) is 23.7. The number of guanidine groups is 1. The van der Waals surface area contributed by atoms with Crippen molar-refractivity contribution in [3.8, 4) is 0 Å². The number of aliphatic imine (C=N–C) groups is 1. The first-order chi connectivity index (χ1) is 28.7. The minimum absolute atomic E-state index is 0.0340. The number of nitrogens with one attached hydrogen (secondary N) is 8. The molecule has 0 aromatic carbocycles. The van der Waals surface area contributed by atoms with Gasteiger partial charge in [-0.1, -0.05) is 0 Å². The van der Waals surface area contributed by atoms with Crippen LogP contribution in [0.2, 0.25) is 0 Å². The van der Waals surface area contributed by atoms with E-state index >= 15 is 0 Å². The third-order valence-electron chi connectivity index (χ3n) is 8.41. The summed E-state index contributed by atoms with van der Waals surface area (Å²) in [6.07, 6.45) is 1.89. The highest BCUT2D eigenvalue weighted by Crippen LogP contribution is 2.06. The summed E-state index contributed by atoms with van der Waals surface area (Å²) in [6.45, 7) is 0.173. The SMILES string of the molecule is C[C@@H](NC(=O)[C@H](CCCCN)NC(=O)[C@@H](N)CCC(=O)O)C(=O)N[C@@H](Cc1cnc[nH]1)C(=O)NC(CC(=O)O)C(=O)NCC(=O)NCC(=O)N[C@@H](CCCN=C(N)N)C(=O)O. The number of carboxylic acid groups (broad SMARTS) is 3. The third-order valence-corrected chi connectivity index (χ3v) is 8.41. The second-order valence-corrected chi connectivity index (χ2v) is 13.5. The minimum atomic E-state index is -1.80. The number of amides is 7. The van der Waals surface area contributed by atoms with E-state index in [-0.39, 0.29) is 51.2 Å². The summed E-state index contributed by atoms with van der Waals surface area (Å²) < 4.78 is 0. The number of H-pyrrole nitrogens is 1. The van der Waals surface area contributed by atoms with Crippen LogP contribution in [-0.4, -0.2) is 153 Å². The van der Waals surface area contributed by atoms with Gasteiger partial charge in [-0.3, -0.25) is 48.1 Å². The first-order valence-corrected chi connectivity index (χ1v) is 18.9. The van der Waals surface area contributed by atoms with E-state index in [1.54, 1.807) is 0 Å². The Balaban J connectivity index is 2.97. The molecule has 1 aromatic rings. The maximum atomic E-state index is 13.5. The van der Waals surface area contributed by atoms with Gasteiger partial charge >= 0.3 is 17.9 Å². The van der Waals surface area contributed by atoms with E-state index in [1.807, 2.05) is 0 Å². The number of hydrogen-bond acceptors (Lipinski definition) is 14. The highest BCUT2D eigenvalue weighted by atomic mass is 16.4. The van der Waals surface area contributed by atoms with Gasteiger partial charge in [-0.2, -0.15) is 0 Å². The summed E-state index contributed by atoms with van der Waals surface area (Å²) in [7, 11) is 0. The van der Waals surface area contributed by atoms with Crippen molar-refractivity contribution >= 4 is 65.2 Å². The molecule has 27 heteroatoms. The van der Waals surface area contributed by atoms with Gasteiger partial charge in [0, 0.05) is 31.3 Å². The lowest BCUT2D eigenvalue weighted by molar-refractivity contribution is -0.142. The molecule has 0 aliphatic heterocycles. The Morgan fingerprint density at radius 3 is 1.92 bits per heavy atom. The van der Waals surface area contributed by atoms with Crippen molar-refractivity contribution in [1.82, 2.24) is 47.2 Å². The van der Waals surface area contributed by atoms with E-state index in [1.165, 1.54) is 19.4 Å². The zero-order valence-electron chi connectivity index (χ0n) is 33.4. The van der Waals surface area contributed by atoms with Crippen molar-refractivity contribution in [2.45, 2.75) is 101 Å². The summed E-state index contributed by atoms with van der Waals surface area (Å²) in [4.78, 5) is 135. The molecule has 1 unspecified atom stereocenters. The van der Waals surface area contributed by atoms with Crippen molar-refractivity contribution in [3.05, 3.63) is 18.2 Å². The number of nitrogens with two attached hydrogens (primary N) is 4. The van der Waals surface area contributed by atoms with Gasteiger partial charge in [0.2, 0.25) is 41.4 Å². The van der Waals surface area contributed by atoms with Gasteiger partial charge in [-0.05, 0) is 52.0 Å². The number of carbonyl (C=O) groups is 10. The molecular weight excluding hydrogens is 812 g/mol. The minimum Gasteiger partial charge on any atom is -0.481 e. The van der Waals surface area contributed by atoms with Gasteiger partial charge in [-0.15, -0.1) is 0 Å². The molecule has 6 atom stereocenters. The summed E-state index contributed by atoms with van der Waals surface area (Å²) in [5.41, 5.74) is 22.1. The lowest BCUT2D eigenvalue weighted by Crippen LogP contribution is -2.59. The van der Waals surface area contributed by atoms with Gasteiger partial charge in [0.1, 0.15) is 30.2 Å². The second kappa shape index (κ2) is 27.7. The standard InChI is InChI=1S/C34H56N14O13/c1-17(44-31(58)20(5-2-3-9-35)46-29(56)19(36)7-8-26(51)52)28(55)47-22(11-18-13-39-16-43-18)32(59)48-23(12-27(53)54)30(57)42-14-24(49)41-15-25(50)45-21(33(60)61)6-4-10-40-34(37)38/h13,16-17,19-23H,2-12,14-15,35-36H2,1H3,(H,39,43)(H,41,49)(H,42,57)(H,44,58)(H,45,50)(H,46,56)(H,47,55)(H,48,59)(H,51,52)(H,53,54)(H,60,61)(H4,37,38,40)/t17-,19+,20+,21+,22+,23?/m1/s1. The molecule has 7 amide bonds. The molecule has 61 heavy (non-hydrogen) atoms. The maximum absolute atomic E-state index is 13.5. The van der Waals surface area contributed by atoms with E-state index in [9.17, 15) is 58.2 Å². The lowest BCUT2D eigenvalue weighted by Gasteiger charge is -2.25. The van der Waals surface area contributed by atoms with Crippen molar-refractivity contribution in [3.63, 3.8) is 0 Å². The molecule has 0 fully saturated rings. The van der Waals surface area contributed by atoms with Crippen molar-refractivity contribution in [2.24, 2.45) is 27.9 Å². The van der Waals surface area contributed by atoms with Crippen LogP contribution in [0.15, 0.2) is 17.5 Å². The quantitative estimate of drug-likeness (QED) is 0.0194. The number of unbranched alkanes of at least 4 members (excludes halogenated alkanes) is 1. The van der Waals surface area contributed by atoms with Crippen LogP contribution in [0.1, 0.15) is 64.0 Å². The predicted molar refractivity (Wildman–Crippen MR) is 211 cm³/mol. The molecule has 0 saturated carbocycles. The fourth-order valence-corrected chi connectivity index (χ4v) is 5.15. The van der Waals surface area contributed by atoms with Crippen LogP contribution in [-0.2, 0) is 54.4 Å². The van der Waals surface area contributed by atoms with Gasteiger partial charge < -0.3 is 80.5 Å². The van der Waals surface area contributed by atoms with Crippen molar-refractivity contribution < 1.29 is 63.3 Å². The van der Waals surface area contributed by atoms with Crippen LogP contribution in [0.25, 0.3) is 0 Å². The Morgan fingerprint density at radius 2 is 1.33 bits per heavy atom. The lowest BCUT2D eigenvalue weighted by atomic mass is 10.1. The normalized spacial score (nSPS) is 13.6. The van der Waals surface area contributed by atoms with E-state index in [0.29, 0.717) is 18.5 Å². The highest BCUT2D eigenvalue weighted by Gasteiger charge is 2.32. The summed E-state index contributed by atoms with van der Waals surface area (Å²) in [6, 6.07) is -8.42. The number of rotatable bonds is 30. The average molecular weight is 869 g/mol. The largest absolute Gasteiger partial charge is 0.481 e. The number of aliphatic carboxylic acids is 3. The predicted octanol–water partition coefficient (Wildman–Crippen LogP) is -6.44. The monoisotopic (exact) mass is 868 g/mol. The molecule has 27 nitrogen and oxygen atoms in total. The van der Waals surface area contributed by atoms with Crippen LogP contribution in [0, 0.1) is 0 Å². The molecule has 340 valence electrons. The molecule has 0 aliphatic rings. The molecule has 1 heterocycles. The van der Waals surface area contributed by atoms with Gasteiger partial charge in [0.05, 0.1) is 31.9 Å². The van der Waals surface area contributed by atoms with Crippen LogP contribution in [0.5, 0.6) is 0 Å². The number of nitrogens with zero attached hydrogens (tertiary/aromatic N) is 2. The number of hydrogen-bond donors (Lipinski definition) is 15. The third kappa shape index (κ3) is 22.2. The zero-order chi connectivity index (χ0) is 46.1. The molecule has 19 N–H and O–H groups in total. The summed E-state index contributed by atoms with van der Waals surface area (Å²) in [5, 5.41) is 43.8. The zero-order valence-corrected chi connectivity index (χ0v) is 33.4. The number of aromatic nitrogens is 2. The number of imidazole rings is 1. The molecule has 1 aromatic heterocycles. The van der Waals surface area contributed by atoms with Crippen LogP contribution in [0.3, 0.4) is 0 Å². The van der Waals surface area contributed by atoms with Gasteiger partial charge in [-0.25, -0.2) is 9.78 Å². The molecular formula is C34H56N14O13. The Bertz CT molecular complexity index is 1700. The Morgan fingerprint density at radius 1 is 0.705 bits per heavy atom. The molecule has 0 aliphatic carbocycles. The Labute approximate surface area is 348 Å². The summed E-state index contributed by atoms with van der Waals surface area (Å²) >= 11 is 0. The highest BCUT2D eigenvalue weighted by molar-refractivity contribution is 5.97. The van der Waals surface area contributed by atoms with Crippen LogP contribution in [0.4, 0.5) is 0 Å².